The van der Waals surface area contributed by atoms with Gasteiger partial charge in [0.15, 0.2) is 0 Å². The van der Waals surface area contributed by atoms with Crippen LogP contribution < -0.4 is 0 Å². The predicted molar refractivity (Wildman–Crippen MR) is 68.4 cm³/mol. The number of esters is 1. The minimum Gasteiger partial charge on any atom is -0.462 e. The molecule has 2 aromatic rings. The molecule has 22 heavy (non-hydrogen) atoms. The third-order valence-corrected chi connectivity index (χ3v) is 2.67. The molecule has 0 saturated heterocycles. The van der Waals surface area contributed by atoms with Gasteiger partial charge in [-0.1, -0.05) is 12.1 Å². The average molecular weight is 314 g/mol. The highest BCUT2D eigenvalue weighted by Gasteiger charge is 2.36. The summed E-state index contributed by atoms with van der Waals surface area (Å²) < 4.78 is 56.8. The second kappa shape index (κ2) is 6.08. The van der Waals surface area contributed by atoms with Crippen LogP contribution in [0.1, 0.15) is 23.1 Å². The Kier molecular flexibility index (Phi) is 4.39. The van der Waals surface area contributed by atoms with Gasteiger partial charge in [0.05, 0.1) is 12.3 Å². The lowest BCUT2D eigenvalue weighted by molar-refractivity contribution is -0.144. The van der Waals surface area contributed by atoms with Gasteiger partial charge in [0.1, 0.15) is 11.4 Å². The Bertz CT molecular complexity index is 701. The fourth-order valence-corrected chi connectivity index (χ4v) is 1.74. The molecule has 0 spiro atoms. The Morgan fingerprint density at radius 3 is 2.55 bits per heavy atom. The van der Waals surface area contributed by atoms with Crippen molar-refractivity contribution in [3.63, 3.8) is 0 Å². The first-order valence-electron chi connectivity index (χ1n) is 6.21. The zero-order chi connectivity index (χ0) is 16.3. The van der Waals surface area contributed by atoms with Crippen molar-refractivity contribution in [1.29, 1.82) is 0 Å². The normalized spacial score (nSPS) is 11.3. The highest BCUT2D eigenvalue weighted by Crippen LogP contribution is 2.30. The smallest absolute Gasteiger partial charge is 0.451 e. The second-order valence-electron chi connectivity index (χ2n) is 4.15. The first-order chi connectivity index (χ1) is 10.3. The van der Waals surface area contributed by atoms with Crippen molar-refractivity contribution >= 4 is 5.97 Å². The number of carbonyl (C=O) groups is 1. The lowest BCUT2D eigenvalue weighted by Crippen LogP contribution is -2.16. The molecule has 0 radical (unpaired) electrons. The molecule has 2 rings (SSSR count). The molecule has 0 aliphatic heterocycles. The molecule has 1 aromatic heterocycles. The molecule has 1 heterocycles. The van der Waals surface area contributed by atoms with Crippen LogP contribution in [0.4, 0.5) is 17.6 Å². The van der Waals surface area contributed by atoms with Crippen LogP contribution in [0, 0.1) is 5.82 Å². The van der Waals surface area contributed by atoms with Gasteiger partial charge < -0.3 is 4.74 Å². The van der Waals surface area contributed by atoms with Crippen molar-refractivity contribution in [1.82, 2.24) is 9.97 Å². The zero-order valence-electron chi connectivity index (χ0n) is 11.3. The van der Waals surface area contributed by atoms with E-state index in [1.54, 1.807) is 0 Å². The molecule has 4 nitrogen and oxygen atoms in total. The van der Waals surface area contributed by atoms with Gasteiger partial charge in [-0.2, -0.15) is 13.2 Å². The van der Waals surface area contributed by atoms with Crippen LogP contribution in [-0.2, 0) is 10.9 Å². The third-order valence-electron chi connectivity index (χ3n) is 2.67. The van der Waals surface area contributed by atoms with Crippen LogP contribution in [0.25, 0.3) is 11.3 Å². The first-order valence-corrected chi connectivity index (χ1v) is 6.21. The van der Waals surface area contributed by atoms with E-state index in [0.29, 0.717) is 6.20 Å². The number of ether oxygens (including phenoxy) is 1. The van der Waals surface area contributed by atoms with E-state index in [1.807, 2.05) is 0 Å². The van der Waals surface area contributed by atoms with E-state index in [0.717, 1.165) is 6.07 Å². The number of aromatic nitrogens is 2. The minimum absolute atomic E-state index is 0.0105. The molecule has 1 aromatic carbocycles. The number of benzene rings is 1. The van der Waals surface area contributed by atoms with Gasteiger partial charge in [0, 0.05) is 11.8 Å². The average Bonchev–Trinajstić information content (AvgIpc) is 2.46. The fourth-order valence-electron chi connectivity index (χ4n) is 1.74. The van der Waals surface area contributed by atoms with Crippen LogP contribution in [0.3, 0.4) is 0 Å². The van der Waals surface area contributed by atoms with E-state index >= 15 is 0 Å². The SMILES string of the molecule is CCOC(=O)c1cnc(C(F)(F)F)nc1-c1ccccc1F. The molecule has 0 saturated carbocycles. The van der Waals surface area contributed by atoms with Crippen molar-refractivity contribution in [2.75, 3.05) is 6.61 Å². The Morgan fingerprint density at radius 2 is 1.95 bits per heavy atom. The molecular weight excluding hydrogens is 304 g/mol. The van der Waals surface area contributed by atoms with Crippen LogP contribution in [0.15, 0.2) is 30.5 Å². The molecule has 0 aliphatic carbocycles. The van der Waals surface area contributed by atoms with Crippen molar-refractivity contribution in [3.8, 4) is 11.3 Å². The lowest BCUT2D eigenvalue weighted by atomic mass is 10.1. The zero-order valence-corrected chi connectivity index (χ0v) is 11.3. The standard InChI is InChI=1S/C14H10F4N2O2/c1-2-22-12(21)9-7-19-13(14(16,17)18)20-11(9)8-5-3-4-6-10(8)15/h3-7H,2H2,1H3. The summed E-state index contributed by atoms with van der Waals surface area (Å²) in [4.78, 5) is 18.2. The maximum absolute atomic E-state index is 13.8. The Labute approximate surface area is 122 Å². The third kappa shape index (κ3) is 3.21. The van der Waals surface area contributed by atoms with Gasteiger partial charge in [-0.15, -0.1) is 0 Å². The van der Waals surface area contributed by atoms with Gasteiger partial charge in [0.2, 0.25) is 5.82 Å². The van der Waals surface area contributed by atoms with Gasteiger partial charge in [-0.3, -0.25) is 0 Å². The highest BCUT2D eigenvalue weighted by molar-refractivity contribution is 5.95. The van der Waals surface area contributed by atoms with Crippen molar-refractivity contribution in [2.45, 2.75) is 13.1 Å². The summed E-state index contributed by atoms with van der Waals surface area (Å²) in [6.45, 7) is 1.54. The van der Waals surface area contributed by atoms with E-state index in [1.165, 1.54) is 25.1 Å². The molecule has 0 amide bonds. The molecule has 0 fully saturated rings. The number of hydrogen-bond acceptors (Lipinski definition) is 4. The lowest BCUT2D eigenvalue weighted by Gasteiger charge is -2.11. The van der Waals surface area contributed by atoms with E-state index in [-0.39, 0.29) is 17.7 Å². The van der Waals surface area contributed by atoms with E-state index in [2.05, 4.69) is 9.97 Å². The molecule has 0 bridgehead atoms. The molecule has 116 valence electrons. The largest absolute Gasteiger partial charge is 0.462 e. The monoisotopic (exact) mass is 314 g/mol. The molecular formula is C14H10F4N2O2. The quantitative estimate of drug-likeness (QED) is 0.643. The minimum atomic E-state index is -4.81. The summed E-state index contributed by atoms with van der Waals surface area (Å²) in [5, 5.41) is 0. The number of carbonyl (C=O) groups excluding carboxylic acids is 1. The summed E-state index contributed by atoms with van der Waals surface area (Å²) >= 11 is 0. The van der Waals surface area contributed by atoms with Crippen LogP contribution >= 0.6 is 0 Å². The predicted octanol–water partition coefficient (Wildman–Crippen LogP) is 3.48. The van der Waals surface area contributed by atoms with Crippen LogP contribution in [-0.4, -0.2) is 22.5 Å². The summed E-state index contributed by atoms with van der Waals surface area (Å²) in [5.74, 6) is -3.19. The van der Waals surface area contributed by atoms with Crippen molar-refractivity contribution < 1.29 is 27.1 Å². The Balaban J connectivity index is 2.66. The van der Waals surface area contributed by atoms with E-state index in [4.69, 9.17) is 4.74 Å². The van der Waals surface area contributed by atoms with E-state index < -0.39 is 29.5 Å². The van der Waals surface area contributed by atoms with Gasteiger partial charge in [-0.25, -0.2) is 19.2 Å². The molecule has 0 atom stereocenters. The summed E-state index contributed by atoms with van der Waals surface area (Å²) in [6, 6.07) is 5.07. The van der Waals surface area contributed by atoms with E-state index in [9.17, 15) is 22.4 Å². The summed E-state index contributed by atoms with van der Waals surface area (Å²) in [7, 11) is 0. The fraction of sp³-hybridized carbons (Fsp3) is 0.214. The number of halogens is 4. The van der Waals surface area contributed by atoms with Crippen LogP contribution in [0.2, 0.25) is 0 Å². The second-order valence-corrected chi connectivity index (χ2v) is 4.15. The molecule has 8 heteroatoms. The summed E-state index contributed by atoms with van der Waals surface area (Å²) in [5.41, 5.74) is -1.03. The Morgan fingerprint density at radius 1 is 1.27 bits per heavy atom. The topological polar surface area (TPSA) is 52.1 Å². The highest BCUT2D eigenvalue weighted by atomic mass is 19.4. The number of rotatable bonds is 3. The first kappa shape index (κ1) is 15.9. The molecule has 0 aliphatic rings. The number of nitrogens with zero attached hydrogens (tertiary/aromatic N) is 2. The summed E-state index contributed by atoms with van der Waals surface area (Å²) in [6.07, 6.45) is -4.12. The maximum atomic E-state index is 13.8. The number of hydrogen-bond donors (Lipinski definition) is 0. The molecule has 0 unspecified atom stereocenters. The van der Waals surface area contributed by atoms with Crippen molar-refractivity contribution in [3.05, 3.63) is 47.7 Å². The Hall–Kier alpha value is -2.51. The molecule has 0 N–H and O–H groups in total. The van der Waals surface area contributed by atoms with Crippen LogP contribution in [0.5, 0.6) is 0 Å². The van der Waals surface area contributed by atoms with Gasteiger partial charge >= 0.3 is 12.1 Å². The van der Waals surface area contributed by atoms with Gasteiger partial charge in [-0.05, 0) is 19.1 Å². The maximum Gasteiger partial charge on any atom is 0.451 e. The van der Waals surface area contributed by atoms with Gasteiger partial charge in [0.25, 0.3) is 0 Å². The number of alkyl halides is 3. The van der Waals surface area contributed by atoms with Crippen molar-refractivity contribution in [2.24, 2.45) is 0 Å².